The zero-order valence-electron chi connectivity index (χ0n) is 8.45. The summed E-state index contributed by atoms with van der Waals surface area (Å²) in [7, 11) is 0. The molecular formula is C11H14ClFO2. The lowest BCUT2D eigenvalue weighted by atomic mass is 10.0. The van der Waals surface area contributed by atoms with Crippen molar-refractivity contribution in [2.75, 3.05) is 0 Å². The van der Waals surface area contributed by atoms with Gasteiger partial charge in [-0.15, -0.1) is 0 Å². The molecule has 0 aliphatic carbocycles. The van der Waals surface area contributed by atoms with Crippen LogP contribution >= 0.6 is 11.6 Å². The lowest BCUT2D eigenvalue weighted by Gasteiger charge is -2.13. The van der Waals surface area contributed by atoms with Crippen molar-refractivity contribution < 1.29 is 14.6 Å². The molecule has 84 valence electrons. The molecule has 1 aromatic rings. The molecule has 1 aromatic carbocycles. The summed E-state index contributed by atoms with van der Waals surface area (Å²) in [5.74, 6) is -0.375. The fraction of sp³-hybridized carbons (Fsp3) is 0.455. The van der Waals surface area contributed by atoms with E-state index in [4.69, 9.17) is 16.7 Å². The van der Waals surface area contributed by atoms with Gasteiger partial charge in [0, 0.05) is 10.6 Å². The maximum absolute atomic E-state index is 13.3. The Kier molecular flexibility index (Phi) is 4.51. The third kappa shape index (κ3) is 3.45. The van der Waals surface area contributed by atoms with Gasteiger partial charge in [-0.3, -0.25) is 0 Å². The van der Waals surface area contributed by atoms with E-state index in [0.29, 0.717) is 23.4 Å². The van der Waals surface area contributed by atoms with Crippen molar-refractivity contribution >= 4 is 11.6 Å². The topological polar surface area (TPSA) is 40.5 Å². The minimum Gasteiger partial charge on any atom is -0.391 e. The van der Waals surface area contributed by atoms with E-state index in [1.54, 1.807) is 6.07 Å². The summed E-state index contributed by atoms with van der Waals surface area (Å²) in [6, 6.07) is 4.47. The summed E-state index contributed by atoms with van der Waals surface area (Å²) in [6.45, 7) is 1.49. The highest BCUT2D eigenvalue weighted by atomic mass is 35.5. The highest BCUT2D eigenvalue weighted by molar-refractivity contribution is 6.31. The Labute approximate surface area is 93.3 Å². The quantitative estimate of drug-likeness (QED) is 0.835. The Hall–Kier alpha value is -0.640. The molecule has 0 aliphatic heterocycles. The Morgan fingerprint density at radius 3 is 2.60 bits per heavy atom. The third-order valence-electron chi connectivity index (χ3n) is 2.31. The molecule has 0 saturated heterocycles. The van der Waals surface area contributed by atoms with Gasteiger partial charge in [0.05, 0.1) is 12.2 Å². The fourth-order valence-electron chi connectivity index (χ4n) is 1.30. The van der Waals surface area contributed by atoms with E-state index in [0.717, 1.165) is 0 Å². The first kappa shape index (κ1) is 12.4. The van der Waals surface area contributed by atoms with E-state index >= 15 is 0 Å². The first-order valence-corrected chi connectivity index (χ1v) is 5.19. The second-order valence-corrected chi connectivity index (χ2v) is 3.95. The largest absolute Gasteiger partial charge is 0.391 e. The second-order valence-electron chi connectivity index (χ2n) is 3.55. The SMILES string of the molecule is CC(O)C(O)CCc1c(F)cccc1Cl. The molecule has 0 saturated carbocycles. The molecule has 0 aromatic heterocycles. The van der Waals surface area contributed by atoms with Crippen LogP contribution in [-0.4, -0.2) is 22.4 Å². The summed E-state index contributed by atoms with van der Waals surface area (Å²) >= 11 is 5.81. The van der Waals surface area contributed by atoms with Gasteiger partial charge >= 0.3 is 0 Å². The Morgan fingerprint density at radius 2 is 2.07 bits per heavy atom. The Bertz CT molecular complexity index is 308. The van der Waals surface area contributed by atoms with Crippen LogP contribution in [0, 0.1) is 5.82 Å². The molecule has 0 bridgehead atoms. The van der Waals surface area contributed by atoms with Gasteiger partial charge in [-0.2, -0.15) is 0 Å². The maximum Gasteiger partial charge on any atom is 0.127 e. The number of rotatable bonds is 4. The zero-order valence-corrected chi connectivity index (χ0v) is 9.21. The molecule has 2 nitrogen and oxygen atoms in total. The normalized spacial score (nSPS) is 15.0. The van der Waals surface area contributed by atoms with Gasteiger partial charge in [0.1, 0.15) is 5.82 Å². The predicted molar refractivity (Wildman–Crippen MR) is 57.4 cm³/mol. The van der Waals surface area contributed by atoms with Crippen LogP contribution in [-0.2, 0) is 6.42 Å². The van der Waals surface area contributed by atoms with Gasteiger partial charge in [-0.05, 0) is 31.9 Å². The Balaban J connectivity index is 2.65. The van der Waals surface area contributed by atoms with Crippen LogP contribution in [0.15, 0.2) is 18.2 Å². The number of hydrogen-bond acceptors (Lipinski definition) is 2. The van der Waals surface area contributed by atoms with Crippen molar-refractivity contribution in [1.82, 2.24) is 0 Å². The van der Waals surface area contributed by atoms with Gasteiger partial charge in [-0.25, -0.2) is 4.39 Å². The molecule has 2 N–H and O–H groups in total. The van der Waals surface area contributed by atoms with E-state index in [2.05, 4.69) is 0 Å². The van der Waals surface area contributed by atoms with Gasteiger partial charge in [-0.1, -0.05) is 17.7 Å². The summed E-state index contributed by atoms with van der Waals surface area (Å²) < 4.78 is 13.3. The second kappa shape index (κ2) is 5.45. The van der Waals surface area contributed by atoms with Crippen molar-refractivity contribution in [3.8, 4) is 0 Å². The minimum absolute atomic E-state index is 0.290. The van der Waals surface area contributed by atoms with E-state index < -0.39 is 12.2 Å². The number of aliphatic hydroxyl groups is 2. The minimum atomic E-state index is -0.847. The highest BCUT2D eigenvalue weighted by Crippen LogP contribution is 2.21. The first-order valence-electron chi connectivity index (χ1n) is 4.81. The van der Waals surface area contributed by atoms with Crippen molar-refractivity contribution in [1.29, 1.82) is 0 Å². The van der Waals surface area contributed by atoms with Gasteiger partial charge in [0.15, 0.2) is 0 Å². The summed E-state index contributed by atoms with van der Waals surface area (Å²) in [4.78, 5) is 0. The van der Waals surface area contributed by atoms with E-state index in [1.807, 2.05) is 0 Å². The monoisotopic (exact) mass is 232 g/mol. The van der Waals surface area contributed by atoms with E-state index in [9.17, 15) is 9.50 Å². The van der Waals surface area contributed by atoms with Gasteiger partial charge in [0.25, 0.3) is 0 Å². The molecule has 0 aliphatic rings. The highest BCUT2D eigenvalue weighted by Gasteiger charge is 2.13. The third-order valence-corrected chi connectivity index (χ3v) is 2.66. The van der Waals surface area contributed by atoms with Crippen LogP contribution < -0.4 is 0 Å². The molecule has 0 amide bonds. The molecule has 0 heterocycles. The average Bonchev–Trinajstić information content (AvgIpc) is 2.16. The molecule has 1 rings (SSSR count). The van der Waals surface area contributed by atoms with Gasteiger partial charge in [0.2, 0.25) is 0 Å². The van der Waals surface area contributed by atoms with E-state index in [1.165, 1.54) is 19.1 Å². The number of aliphatic hydroxyl groups excluding tert-OH is 2. The van der Waals surface area contributed by atoms with Crippen molar-refractivity contribution in [2.24, 2.45) is 0 Å². The van der Waals surface area contributed by atoms with Crippen LogP contribution in [0.3, 0.4) is 0 Å². The molecule has 4 heteroatoms. The van der Waals surface area contributed by atoms with Crippen LogP contribution in [0.5, 0.6) is 0 Å². The fourth-order valence-corrected chi connectivity index (χ4v) is 1.56. The summed E-state index contributed by atoms with van der Waals surface area (Å²) in [5.41, 5.74) is 0.388. The molecule has 15 heavy (non-hydrogen) atoms. The molecule has 0 radical (unpaired) electrons. The van der Waals surface area contributed by atoms with E-state index in [-0.39, 0.29) is 5.82 Å². The van der Waals surface area contributed by atoms with Crippen LogP contribution in [0.25, 0.3) is 0 Å². The molecule has 2 atom stereocenters. The van der Waals surface area contributed by atoms with Crippen molar-refractivity contribution in [2.45, 2.75) is 32.0 Å². The van der Waals surface area contributed by atoms with Crippen LogP contribution in [0.4, 0.5) is 4.39 Å². The summed E-state index contributed by atoms with van der Waals surface area (Å²) in [5, 5.41) is 18.8. The zero-order chi connectivity index (χ0) is 11.4. The van der Waals surface area contributed by atoms with Crippen LogP contribution in [0.2, 0.25) is 5.02 Å². The molecular weight excluding hydrogens is 219 g/mol. The Morgan fingerprint density at radius 1 is 1.40 bits per heavy atom. The van der Waals surface area contributed by atoms with Crippen LogP contribution in [0.1, 0.15) is 18.9 Å². The van der Waals surface area contributed by atoms with Crippen molar-refractivity contribution in [3.05, 3.63) is 34.6 Å². The number of hydrogen-bond donors (Lipinski definition) is 2. The van der Waals surface area contributed by atoms with Crippen molar-refractivity contribution in [3.63, 3.8) is 0 Å². The number of benzene rings is 1. The standard InChI is InChI=1S/C11H14ClFO2/c1-7(14)11(15)6-5-8-9(12)3-2-4-10(8)13/h2-4,7,11,14-15H,5-6H2,1H3. The molecule has 2 unspecified atom stereocenters. The maximum atomic E-state index is 13.3. The number of halogens is 2. The average molecular weight is 233 g/mol. The lowest BCUT2D eigenvalue weighted by Crippen LogP contribution is -2.23. The smallest absolute Gasteiger partial charge is 0.127 e. The van der Waals surface area contributed by atoms with Gasteiger partial charge < -0.3 is 10.2 Å². The summed E-state index contributed by atoms with van der Waals surface area (Å²) in [6.07, 6.45) is -1.05. The molecule has 0 spiro atoms. The lowest BCUT2D eigenvalue weighted by molar-refractivity contribution is 0.0264. The first-order chi connectivity index (χ1) is 7.02. The molecule has 0 fully saturated rings. The predicted octanol–water partition coefficient (Wildman–Crippen LogP) is 2.15.